The van der Waals surface area contributed by atoms with Crippen LogP contribution in [0.25, 0.3) is 0 Å². The Labute approximate surface area is 162 Å². The van der Waals surface area contributed by atoms with Crippen LogP contribution in [0.1, 0.15) is 31.1 Å². The Morgan fingerprint density at radius 1 is 1.07 bits per heavy atom. The second kappa shape index (κ2) is 8.22. The van der Waals surface area contributed by atoms with Crippen LogP contribution in [-0.2, 0) is 0 Å². The molecule has 1 heterocycles. The molecule has 0 amide bonds. The summed E-state index contributed by atoms with van der Waals surface area (Å²) in [6.45, 7) is 6.42. The first-order chi connectivity index (χ1) is 12.9. The van der Waals surface area contributed by atoms with Gasteiger partial charge < -0.3 is 4.57 Å². The lowest BCUT2D eigenvalue weighted by Crippen LogP contribution is -2.00. The number of aryl methyl sites for hydroxylation is 1. The predicted octanol–water partition coefficient (Wildman–Crippen LogP) is 6.19. The van der Waals surface area contributed by atoms with Gasteiger partial charge in [0.05, 0.1) is 10.6 Å². The number of nitro groups is 1. The van der Waals surface area contributed by atoms with Crippen LogP contribution in [0, 0.1) is 17.0 Å². The Kier molecular flexibility index (Phi) is 5.76. The maximum absolute atomic E-state index is 10.7. The van der Waals surface area contributed by atoms with Gasteiger partial charge in [-0.15, -0.1) is 0 Å². The molecule has 1 aromatic heterocycles. The molecule has 3 rings (SSSR count). The van der Waals surface area contributed by atoms with Crippen molar-refractivity contribution in [2.45, 2.75) is 36.6 Å². The third kappa shape index (κ3) is 4.86. The van der Waals surface area contributed by atoms with E-state index in [0.29, 0.717) is 6.04 Å². The summed E-state index contributed by atoms with van der Waals surface area (Å²) in [5, 5.41) is 10.7. The fraction of sp³-hybridized carbons (Fsp3) is 0.190. The number of aromatic nitrogens is 1. The van der Waals surface area contributed by atoms with Crippen LogP contribution in [-0.4, -0.2) is 15.7 Å². The first-order valence-electron chi connectivity index (χ1n) is 8.67. The van der Waals surface area contributed by atoms with Gasteiger partial charge >= 0.3 is 0 Å². The van der Waals surface area contributed by atoms with Crippen molar-refractivity contribution in [1.82, 2.24) is 4.57 Å². The molecule has 27 heavy (non-hydrogen) atoms. The highest BCUT2D eigenvalue weighted by Crippen LogP contribution is 2.30. The maximum atomic E-state index is 10.7. The Bertz CT molecular complexity index is 958. The summed E-state index contributed by atoms with van der Waals surface area (Å²) in [7, 11) is 0. The number of nitrogens with zero attached hydrogens (tertiary/aromatic N) is 3. The van der Waals surface area contributed by atoms with Crippen LogP contribution in [0.5, 0.6) is 0 Å². The van der Waals surface area contributed by atoms with Crippen molar-refractivity contribution < 1.29 is 4.92 Å². The maximum Gasteiger partial charge on any atom is 0.269 e. The fourth-order valence-electron chi connectivity index (χ4n) is 2.76. The minimum Gasteiger partial charge on any atom is -0.349 e. The van der Waals surface area contributed by atoms with Crippen LogP contribution >= 0.6 is 11.8 Å². The average molecular weight is 379 g/mol. The zero-order chi connectivity index (χ0) is 19.4. The molecule has 0 N–H and O–H groups in total. The van der Waals surface area contributed by atoms with Gasteiger partial charge in [0.2, 0.25) is 0 Å². The number of nitro benzene ring substituents is 1. The highest BCUT2D eigenvalue weighted by atomic mass is 32.2. The molecule has 0 unspecified atom stereocenters. The summed E-state index contributed by atoms with van der Waals surface area (Å²) in [5.41, 5.74) is 3.30. The van der Waals surface area contributed by atoms with Gasteiger partial charge in [0, 0.05) is 51.6 Å². The van der Waals surface area contributed by atoms with Crippen molar-refractivity contribution in [3.8, 4) is 0 Å². The molecular weight excluding hydrogens is 358 g/mol. The average Bonchev–Trinajstić information content (AvgIpc) is 3.02. The van der Waals surface area contributed by atoms with Gasteiger partial charge in [-0.2, -0.15) is 0 Å². The van der Waals surface area contributed by atoms with Gasteiger partial charge in [-0.05, 0) is 63.2 Å². The van der Waals surface area contributed by atoms with Crippen molar-refractivity contribution in [3.63, 3.8) is 0 Å². The third-order valence-electron chi connectivity index (χ3n) is 4.11. The molecule has 0 aliphatic heterocycles. The highest BCUT2D eigenvalue weighted by molar-refractivity contribution is 7.99. The largest absolute Gasteiger partial charge is 0.349 e. The summed E-state index contributed by atoms with van der Waals surface area (Å²) in [6, 6.07) is 17.1. The molecule has 0 saturated carbocycles. The van der Waals surface area contributed by atoms with E-state index >= 15 is 0 Å². The summed E-state index contributed by atoms with van der Waals surface area (Å²) in [4.78, 5) is 16.9. The molecule has 0 fully saturated rings. The molecule has 3 aromatic rings. The zero-order valence-corrected chi connectivity index (χ0v) is 16.3. The van der Waals surface area contributed by atoms with E-state index in [-0.39, 0.29) is 5.69 Å². The Morgan fingerprint density at radius 3 is 2.19 bits per heavy atom. The van der Waals surface area contributed by atoms with Crippen LogP contribution in [0.15, 0.2) is 75.6 Å². The molecular formula is C21H21N3O2S. The van der Waals surface area contributed by atoms with Gasteiger partial charge in [0.25, 0.3) is 5.69 Å². The van der Waals surface area contributed by atoms with Crippen LogP contribution in [0.3, 0.4) is 0 Å². The first-order valence-corrected chi connectivity index (χ1v) is 9.49. The molecule has 0 spiro atoms. The zero-order valence-electron chi connectivity index (χ0n) is 15.5. The Balaban J connectivity index is 1.66. The van der Waals surface area contributed by atoms with Crippen molar-refractivity contribution in [3.05, 3.63) is 82.2 Å². The number of non-ortho nitro benzene ring substituents is 1. The van der Waals surface area contributed by atoms with E-state index in [1.54, 1.807) is 23.9 Å². The number of hydrogen-bond donors (Lipinski definition) is 0. The van der Waals surface area contributed by atoms with E-state index in [4.69, 9.17) is 0 Å². The topological polar surface area (TPSA) is 60.4 Å². The first kappa shape index (κ1) is 18.9. The quantitative estimate of drug-likeness (QED) is 0.291. The second-order valence-electron chi connectivity index (χ2n) is 6.52. The minimum absolute atomic E-state index is 0.102. The molecule has 0 saturated heterocycles. The second-order valence-corrected chi connectivity index (χ2v) is 7.67. The number of hydrogen-bond acceptors (Lipinski definition) is 4. The van der Waals surface area contributed by atoms with E-state index in [1.165, 1.54) is 17.8 Å². The molecule has 0 aliphatic carbocycles. The van der Waals surface area contributed by atoms with Gasteiger partial charge in [-0.1, -0.05) is 11.8 Å². The van der Waals surface area contributed by atoms with Crippen molar-refractivity contribution >= 4 is 29.4 Å². The lowest BCUT2D eigenvalue weighted by Gasteiger charge is -2.08. The lowest BCUT2D eigenvalue weighted by atomic mass is 10.3. The van der Waals surface area contributed by atoms with E-state index < -0.39 is 4.92 Å². The molecule has 0 atom stereocenters. The monoisotopic (exact) mass is 379 g/mol. The molecule has 0 radical (unpaired) electrons. The normalized spacial score (nSPS) is 11.4. The van der Waals surface area contributed by atoms with Gasteiger partial charge in [-0.25, -0.2) is 0 Å². The van der Waals surface area contributed by atoms with E-state index in [9.17, 15) is 10.1 Å². The summed E-state index contributed by atoms with van der Waals surface area (Å²) in [5.74, 6) is 0. The summed E-state index contributed by atoms with van der Waals surface area (Å²) in [6.07, 6.45) is 3.99. The molecule has 138 valence electrons. The van der Waals surface area contributed by atoms with Crippen LogP contribution in [0.4, 0.5) is 11.4 Å². The SMILES string of the molecule is Cc1cc(C=Nc2ccc(Sc3ccc([N+](=O)[O-])cc3)cc2)cn1C(C)C. The van der Waals surface area contributed by atoms with Crippen molar-refractivity contribution in [2.24, 2.45) is 4.99 Å². The lowest BCUT2D eigenvalue weighted by molar-refractivity contribution is -0.384. The third-order valence-corrected chi connectivity index (χ3v) is 5.13. The van der Waals surface area contributed by atoms with E-state index in [0.717, 1.165) is 21.0 Å². The minimum atomic E-state index is -0.391. The molecule has 2 aromatic carbocycles. The number of rotatable bonds is 6. The van der Waals surface area contributed by atoms with E-state index in [2.05, 4.69) is 42.6 Å². The van der Waals surface area contributed by atoms with Crippen molar-refractivity contribution in [2.75, 3.05) is 0 Å². The number of aliphatic imine (C=N–C) groups is 1. The van der Waals surface area contributed by atoms with Gasteiger partial charge in [0.15, 0.2) is 0 Å². The Morgan fingerprint density at radius 2 is 1.67 bits per heavy atom. The molecule has 0 bridgehead atoms. The molecule has 0 aliphatic rings. The fourth-order valence-corrected chi connectivity index (χ4v) is 3.58. The Hall–Kier alpha value is -2.86. The van der Waals surface area contributed by atoms with Crippen molar-refractivity contribution in [1.29, 1.82) is 0 Å². The molecule has 5 nitrogen and oxygen atoms in total. The number of benzene rings is 2. The summed E-state index contributed by atoms with van der Waals surface area (Å²) >= 11 is 1.56. The van der Waals surface area contributed by atoms with Gasteiger partial charge in [-0.3, -0.25) is 15.1 Å². The van der Waals surface area contributed by atoms with Gasteiger partial charge in [0.1, 0.15) is 0 Å². The van der Waals surface area contributed by atoms with Crippen LogP contribution < -0.4 is 0 Å². The van der Waals surface area contributed by atoms with E-state index in [1.807, 2.05) is 30.5 Å². The predicted molar refractivity (Wildman–Crippen MR) is 110 cm³/mol. The summed E-state index contributed by atoms with van der Waals surface area (Å²) < 4.78 is 2.23. The standard InChI is InChI=1S/C21H21N3O2S/c1-15(2)23-14-17(12-16(23)3)13-22-18-4-8-20(9-5-18)27-21-10-6-19(7-11-21)24(25)26/h4-15H,1-3H3. The smallest absolute Gasteiger partial charge is 0.269 e. The molecule has 6 heteroatoms. The van der Waals surface area contributed by atoms with Crippen LogP contribution in [0.2, 0.25) is 0 Å². The highest BCUT2D eigenvalue weighted by Gasteiger charge is 2.05.